The van der Waals surface area contributed by atoms with Gasteiger partial charge >= 0.3 is 26.2 Å². The number of carbonyl (C=O) groups is 6. The van der Waals surface area contributed by atoms with Gasteiger partial charge in [-0.25, -0.2) is 17.6 Å². The first-order valence-corrected chi connectivity index (χ1v) is 21.9. The van der Waals surface area contributed by atoms with Crippen molar-refractivity contribution in [2.75, 3.05) is 36.0 Å². The summed E-state index contributed by atoms with van der Waals surface area (Å²) in [7, 11) is -2.22. The number of anilines is 2. The highest BCUT2D eigenvalue weighted by atomic mass is 19.1. The zero-order valence-electron chi connectivity index (χ0n) is 37.5. The highest BCUT2D eigenvalue weighted by Crippen LogP contribution is 2.38. The highest BCUT2D eigenvalue weighted by Gasteiger charge is 2.52. The Morgan fingerprint density at radius 1 is 0.723 bits per heavy atom. The van der Waals surface area contributed by atoms with E-state index in [4.69, 9.17) is 18.6 Å². The molecule has 4 saturated heterocycles. The van der Waals surface area contributed by atoms with Crippen molar-refractivity contribution in [1.82, 2.24) is 21.3 Å². The van der Waals surface area contributed by atoms with E-state index < -0.39 is 128 Å². The summed E-state index contributed by atoms with van der Waals surface area (Å²) in [6, 6.07) is 3.43. The van der Waals surface area contributed by atoms with E-state index in [9.17, 15) is 37.5 Å². The fraction of sp³-hybridized carbons (Fsp3) is 0.581. The van der Waals surface area contributed by atoms with Crippen LogP contribution in [0.25, 0.3) is 0 Å². The first kappa shape index (κ1) is 49.1. The number of benzene rings is 2. The van der Waals surface area contributed by atoms with E-state index >= 15 is 8.78 Å². The molecule has 6 rings (SSSR count). The fourth-order valence-electron chi connectivity index (χ4n) is 8.45. The van der Waals surface area contributed by atoms with E-state index in [2.05, 4.69) is 21.3 Å². The van der Waals surface area contributed by atoms with Crippen LogP contribution in [0.5, 0.6) is 0 Å². The molecular weight excluding hydrogens is 858 g/mol. The lowest BCUT2D eigenvalue weighted by Crippen LogP contribution is -2.58. The van der Waals surface area contributed by atoms with Crippen molar-refractivity contribution >= 4 is 61.2 Å². The summed E-state index contributed by atoms with van der Waals surface area (Å²) < 4.78 is 81.3. The van der Waals surface area contributed by atoms with Crippen molar-refractivity contribution in [1.29, 1.82) is 0 Å². The number of nitrogens with one attached hydrogen (secondary N) is 4. The lowest BCUT2D eigenvalue weighted by Gasteiger charge is -2.42. The molecule has 22 heteroatoms. The third kappa shape index (κ3) is 11.7. The van der Waals surface area contributed by atoms with E-state index in [-0.39, 0.29) is 41.7 Å². The molecule has 0 radical (unpaired) electrons. The Balaban J connectivity index is 1.03. The zero-order chi connectivity index (χ0) is 47.5. The van der Waals surface area contributed by atoms with Gasteiger partial charge in [0, 0.05) is 30.6 Å². The topological polar surface area (TPSA) is 194 Å². The molecule has 0 spiro atoms. The molecule has 4 aliphatic rings. The van der Waals surface area contributed by atoms with Crippen LogP contribution in [0.1, 0.15) is 79.7 Å². The number of carbonyl (C=O) groups excluding carboxylic acids is 6. The Labute approximate surface area is 375 Å². The quantitative estimate of drug-likeness (QED) is 0.119. The summed E-state index contributed by atoms with van der Waals surface area (Å²) in [4.78, 5) is 80.5. The number of nitrogens with zero attached hydrogens (tertiary/aromatic N) is 2. The molecule has 2 aromatic carbocycles. The van der Waals surface area contributed by atoms with Gasteiger partial charge in [-0.05, 0) is 74.6 Å². The monoisotopic (exact) mass is 914 g/mol. The van der Waals surface area contributed by atoms with E-state index in [0.29, 0.717) is 38.3 Å². The van der Waals surface area contributed by atoms with Crippen LogP contribution in [0.2, 0.25) is 0 Å². The third-order valence-corrected chi connectivity index (χ3v) is 11.9. The van der Waals surface area contributed by atoms with Crippen LogP contribution in [0.15, 0.2) is 30.3 Å². The average Bonchev–Trinajstić information content (AvgIpc) is 3.75. The van der Waals surface area contributed by atoms with E-state index in [1.54, 1.807) is 20.8 Å². The molecule has 65 heavy (non-hydrogen) atoms. The predicted molar refractivity (Wildman–Crippen MR) is 230 cm³/mol. The Hall–Kier alpha value is -5.37. The fourth-order valence-corrected chi connectivity index (χ4v) is 8.45. The molecule has 16 nitrogen and oxygen atoms in total. The number of rotatable bonds is 19. The number of hydrogen-bond donors (Lipinski definition) is 4. The molecule has 4 amide bonds. The van der Waals surface area contributed by atoms with Crippen LogP contribution in [-0.4, -0.2) is 112 Å². The molecule has 0 saturated carbocycles. The molecule has 4 heterocycles. The molecule has 352 valence electrons. The second-order valence-electron chi connectivity index (χ2n) is 18.6. The van der Waals surface area contributed by atoms with Crippen LogP contribution in [0, 0.1) is 40.5 Å². The summed E-state index contributed by atoms with van der Waals surface area (Å²) >= 11 is 0. The number of hydrogen-bond acceptors (Lipinski definition) is 12. The maximum atomic E-state index is 15.5. The lowest BCUT2D eigenvalue weighted by atomic mass is 9.73. The minimum Gasteiger partial charge on any atom is -0.506 e. The molecular formula is C43H56B2F4N6O10. The minimum atomic E-state index is -1.24. The van der Waals surface area contributed by atoms with Gasteiger partial charge in [-0.3, -0.25) is 28.8 Å². The lowest BCUT2D eigenvalue weighted by molar-refractivity contribution is -0.140. The molecule has 4 aliphatic heterocycles. The van der Waals surface area contributed by atoms with Crippen molar-refractivity contribution in [2.45, 2.75) is 117 Å². The van der Waals surface area contributed by atoms with Gasteiger partial charge in [-0.2, -0.15) is 0 Å². The largest absolute Gasteiger partial charge is 0.552 e. The molecule has 4 N–H and O–H groups in total. The van der Waals surface area contributed by atoms with Gasteiger partial charge in [0.1, 0.15) is 47.6 Å². The normalized spacial score (nSPS) is 21.7. The van der Waals surface area contributed by atoms with E-state index in [1.807, 2.05) is 27.7 Å². The summed E-state index contributed by atoms with van der Waals surface area (Å²) in [6.07, 6.45) is -0.695. The maximum absolute atomic E-state index is 15.5. The number of amides is 4. The van der Waals surface area contributed by atoms with Crippen LogP contribution in [0.4, 0.5) is 28.9 Å². The minimum absolute atomic E-state index is 0.0133. The Morgan fingerprint density at radius 2 is 1.23 bits per heavy atom. The maximum Gasteiger partial charge on any atom is 0.552 e. The second kappa shape index (κ2) is 20.4. The standard InChI is InChI=1S/C43H56B2F4N6O10/c1-22(2)14-34(44-62-24(5)41(60)64-44)52-36(56)20-51-40(59)32-11-13-55(32)33-16-25(27(47)18-29(33)49)19-43(6,7)38-42(61)65-45(63-38)35(15-23(3)4)53-37(57)21-50-39(58)31-10-12-54(31)30-9-8-26(46)17-28(30)48/h8-9,16-18,22-24,31-32,34-35,38H,10-15,19-21H2,1-7H3,(H,50,58)(H,51,59)(H,52,56)(H,53,57)/t24-,31-,32-,34-,35-,38+/m0/s1. The zero-order valence-corrected chi connectivity index (χ0v) is 37.5. The van der Waals surface area contributed by atoms with E-state index in [0.717, 1.165) is 12.1 Å². The van der Waals surface area contributed by atoms with Crippen LogP contribution in [-0.2, 0) is 53.8 Å². The molecule has 0 aliphatic carbocycles. The molecule has 2 aromatic rings. The van der Waals surface area contributed by atoms with Gasteiger partial charge in [0.15, 0.2) is 0 Å². The van der Waals surface area contributed by atoms with Gasteiger partial charge in [0.25, 0.3) is 0 Å². The van der Waals surface area contributed by atoms with Gasteiger partial charge in [-0.1, -0.05) is 41.5 Å². The number of halogens is 4. The summed E-state index contributed by atoms with van der Waals surface area (Å²) in [5, 5.41) is 10.7. The summed E-state index contributed by atoms with van der Waals surface area (Å²) in [5.74, 6) is -8.32. The van der Waals surface area contributed by atoms with Crippen molar-refractivity contribution in [2.24, 2.45) is 17.3 Å². The molecule has 0 unspecified atom stereocenters. The predicted octanol–water partition coefficient (Wildman–Crippen LogP) is 2.92. The molecule has 0 bridgehead atoms. The van der Waals surface area contributed by atoms with Gasteiger partial charge in [-0.15, -0.1) is 0 Å². The Morgan fingerprint density at radius 3 is 1.71 bits per heavy atom. The smallest absolute Gasteiger partial charge is 0.506 e. The first-order valence-electron chi connectivity index (χ1n) is 21.9. The van der Waals surface area contributed by atoms with Crippen molar-refractivity contribution < 1.29 is 64.9 Å². The van der Waals surface area contributed by atoms with Gasteiger partial charge < -0.3 is 49.7 Å². The van der Waals surface area contributed by atoms with Crippen molar-refractivity contribution in [3.8, 4) is 0 Å². The van der Waals surface area contributed by atoms with Crippen LogP contribution in [0.3, 0.4) is 0 Å². The molecule has 0 aromatic heterocycles. The average molecular weight is 915 g/mol. The Kier molecular flexibility index (Phi) is 15.4. The highest BCUT2D eigenvalue weighted by molar-refractivity contribution is 6.51. The van der Waals surface area contributed by atoms with Crippen LogP contribution < -0.4 is 31.1 Å². The van der Waals surface area contributed by atoms with Gasteiger partial charge in [0.05, 0.1) is 36.3 Å². The van der Waals surface area contributed by atoms with E-state index in [1.165, 1.54) is 21.9 Å². The van der Waals surface area contributed by atoms with Crippen molar-refractivity contribution in [3.63, 3.8) is 0 Å². The Bertz CT molecular complexity index is 2160. The SMILES string of the molecule is CC(C)C[C@H](NC(=O)CNC(=O)[C@@H]1CCN1c1cc(CC(C)(C)[C@@H]2OB([C@H](CC(C)C)NC(=O)CNC(=O)[C@@H]3CCN3c3ccc(F)cc3F)OC2=O)c(F)cc1F)B1OC(=O)[C@H](C)O1. The second-order valence-corrected chi connectivity index (χ2v) is 18.6. The van der Waals surface area contributed by atoms with Crippen molar-refractivity contribution in [3.05, 3.63) is 59.2 Å². The summed E-state index contributed by atoms with van der Waals surface area (Å²) in [6.45, 7) is 12.2. The summed E-state index contributed by atoms with van der Waals surface area (Å²) in [5.41, 5.74) is -1.09. The third-order valence-electron chi connectivity index (χ3n) is 11.9. The molecule has 4 fully saturated rings. The molecule has 6 atom stereocenters. The first-order chi connectivity index (χ1) is 30.6. The van der Waals surface area contributed by atoms with Crippen LogP contribution >= 0.6 is 0 Å². The van der Waals surface area contributed by atoms with Gasteiger partial charge in [0.2, 0.25) is 23.6 Å².